The molecule has 0 heterocycles. The van der Waals surface area contributed by atoms with Crippen LogP contribution in [-0.4, -0.2) is 31.1 Å². The van der Waals surface area contributed by atoms with E-state index in [1.165, 1.54) is 6.26 Å². The van der Waals surface area contributed by atoms with Crippen LogP contribution < -0.4 is 0 Å². The molecule has 0 aromatic heterocycles. The summed E-state index contributed by atoms with van der Waals surface area (Å²) in [5, 5.41) is 0. The average Bonchev–Trinajstić information content (AvgIpc) is 2.42. The fraction of sp³-hybridized carbons (Fsp3) is 1.00. The summed E-state index contributed by atoms with van der Waals surface area (Å²) in [5.41, 5.74) is 0. The lowest BCUT2D eigenvalue weighted by Crippen LogP contribution is -2.37. The fourth-order valence-corrected chi connectivity index (χ4v) is 2.92. The first-order valence-corrected chi connectivity index (χ1v) is 5.76. The Kier molecular flexibility index (Phi) is 2.25. The maximum Gasteiger partial charge on any atom is 0.211 e. The van der Waals surface area contributed by atoms with Gasteiger partial charge in [0.1, 0.15) is 0 Å². The highest BCUT2D eigenvalue weighted by molar-refractivity contribution is 7.88. The van der Waals surface area contributed by atoms with Gasteiger partial charge in [-0.25, -0.2) is 8.42 Å². The molecule has 3 nitrogen and oxygen atoms in total. The first-order valence-electron chi connectivity index (χ1n) is 3.91. The summed E-state index contributed by atoms with van der Waals surface area (Å²) in [6, 6.07) is 0.405. The Hall–Kier alpha value is -0.0900. The Bertz CT molecular complexity index is 227. The van der Waals surface area contributed by atoms with Gasteiger partial charge in [-0.05, 0) is 26.7 Å². The normalized spacial score (nSPS) is 19.7. The molecule has 0 spiro atoms. The largest absolute Gasteiger partial charge is 0.212 e. The second-order valence-corrected chi connectivity index (χ2v) is 5.31. The van der Waals surface area contributed by atoms with Gasteiger partial charge in [-0.15, -0.1) is 0 Å². The van der Waals surface area contributed by atoms with Gasteiger partial charge in [-0.1, -0.05) is 0 Å². The lowest BCUT2D eigenvalue weighted by Gasteiger charge is -2.23. The summed E-state index contributed by atoms with van der Waals surface area (Å²) >= 11 is 0. The van der Waals surface area contributed by atoms with Crippen molar-refractivity contribution in [2.45, 2.75) is 38.8 Å². The van der Waals surface area contributed by atoms with Gasteiger partial charge in [-0.3, -0.25) is 0 Å². The van der Waals surface area contributed by atoms with Gasteiger partial charge in [-0.2, -0.15) is 4.31 Å². The fourth-order valence-electron chi connectivity index (χ4n) is 1.40. The number of rotatable bonds is 3. The van der Waals surface area contributed by atoms with Crippen LogP contribution in [0.2, 0.25) is 0 Å². The highest BCUT2D eigenvalue weighted by Crippen LogP contribution is 2.30. The predicted octanol–water partition coefficient (Wildman–Crippen LogP) is 0.819. The van der Waals surface area contributed by atoms with Crippen LogP contribution in [0.1, 0.15) is 26.7 Å². The topological polar surface area (TPSA) is 37.4 Å². The lowest BCUT2D eigenvalue weighted by atomic mass is 10.4. The van der Waals surface area contributed by atoms with Crippen LogP contribution in [0.3, 0.4) is 0 Å². The Morgan fingerprint density at radius 3 is 1.91 bits per heavy atom. The van der Waals surface area contributed by atoms with E-state index in [1.807, 2.05) is 13.8 Å². The highest BCUT2D eigenvalue weighted by Gasteiger charge is 2.36. The number of sulfonamides is 1. The van der Waals surface area contributed by atoms with Crippen LogP contribution in [0.15, 0.2) is 0 Å². The van der Waals surface area contributed by atoms with Crippen molar-refractivity contribution in [3.8, 4) is 0 Å². The van der Waals surface area contributed by atoms with Crippen LogP contribution in [0.4, 0.5) is 0 Å². The van der Waals surface area contributed by atoms with Crippen LogP contribution in [-0.2, 0) is 10.0 Å². The molecule has 11 heavy (non-hydrogen) atoms. The minimum Gasteiger partial charge on any atom is -0.212 e. The van der Waals surface area contributed by atoms with Crippen molar-refractivity contribution >= 4 is 10.0 Å². The Morgan fingerprint density at radius 2 is 1.82 bits per heavy atom. The van der Waals surface area contributed by atoms with E-state index in [1.54, 1.807) is 4.31 Å². The van der Waals surface area contributed by atoms with Gasteiger partial charge < -0.3 is 0 Å². The van der Waals surface area contributed by atoms with Crippen LogP contribution in [0.5, 0.6) is 0 Å². The Morgan fingerprint density at radius 1 is 1.36 bits per heavy atom. The summed E-state index contributed by atoms with van der Waals surface area (Å²) in [6.45, 7) is 3.83. The second-order valence-electron chi connectivity index (χ2n) is 3.42. The molecule has 0 aromatic carbocycles. The van der Waals surface area contributed by atoms with Crippen molar-refractivity contribution in [1.29, 1.82) is 0 Å². The van der Waals surface area contributed by atoms with Crippen molar-refractivity contribution in [2.24, 2.45) is 0 Å². The van der Waals surface area contributed by atoms with E-state index in [4.69, 9.17) is 0 Å². The first-order chi connectivity index (χ1) is 4.93. The molecule has 4 heteroatoms. The first kappa shape index (κ1) is 9.00. The summed E-state index contributed by atoms with van der Waals surface area (Å²) in [4.78, 5) is 0. The Labute approximate surface area is 68.4 Å². The lowest BCUT2D eigenvalue weighted by molar-refractivity contribution is 0.349. The summed E-state index contributed by atoms with van der Waals surface area (Å²) < 4.78 is 24.0. The standard InChI is InChI=1S/C7H15NO2S/c1-6(2)8(7-4-5-7)11(3,9)10/h6-7H,4-5H2,1-3H3. The van der Waals surface area contributed by atoms with Crippen molar-refractivity contribution in [1.82, 2.24) is 4.31 Å². The molecule has 0 aromatic rings. The smallest absolute Gasteiger partial charge is 0.211 e. The molecule has 0 amide bonds. The summed E-state index contributed by atoms with van der Waals surface area (Å²) in [5.74, 6) is 0. The summed E-state index contributed by atoms with van der Waals surface area (Å²) in [7, 11) is -2.97. The maximum atomic E-state index is 11.2. The van der Waals surface area contributed by atoms with Gasteiger partial charge in [0.15, 0.2) is 0 Å². The molecule has 0 unspecified atom stereocenters. The monoisotopic (exact) mass is 177 g/mol. The minimum absolute atomic E-state index is 0.109. The Balaban J connectivity index is 2.75. The molecule has 1 rings (SSSR count). The third-order valence-electron chi connectivity index (χ3n) is 1.80. The molecule has 0 bridgehead atoms. The molecule has 66 valence electrons. The van der Waals surface area contributed by atoms with Gasteiger partial charge in [0.2, 0.25) is 10.0 Å². The zero-order valence-electron chi connectivity index (χ0n) is 7.24. The quantitative estimate of drug-likeness (QED) is 0.640. The van der Waals surface area contributed by atoms with Crippen LogP contribution >= 0.6 is 0 Å². The highest BCUT2D eigenvalue weighted by atomic mass is 32.2. The molecular formula is C7H15NO2S. The number of hydrogen-bond donors (Lipinski definition) is 0. The molecule has 0 radical (unpaired) electrons. The molecule has 0 N–H and O–H groups in total. The summed E-state index contributed by atoms with van der Waals surface area (Å²) in [6.07, 6.45) is 3.35. The zero-order valence-corrected chi connectivity index (χ0v) is 8.06. The predicted molar refractivity (Wildman–Crippen MR) is 44.8 cm³/mol. The van der Waals surface area contributed by atoms with E-state index in [2.05, 4.69) is 0 Å². The van der Waals surface area contributed by atoms with Gasteiger partial charge in [0.25, 0.3) is 0 Å². The van der Waals surface area contributed by atoms with E-state index < -0.39 is 10.0 Å². The van der Waals surface area contributed by atoms with Crippen molar-refractivity contribution < 1.29 is 8.42 Å². The van der Waals surface area contributed by atoms with Crippen LogP contribution in [0, 0.1) is 0 Å². The van der Waals surface area contributed by atoms with E-state index >= 15 is 0 Å². The second kappa shape index (κ2) is 2.75. The van der Waals surface area contributed by atoms with E-state index in [0.29, 0.717) is 6.04 Å². The maximum absolute atomic E-state index is 11.2. The molecule has 1 aliphatic carbocycles. The van der Waals surface area contributed by atoms with E-state index in [0.717, 1.165) is 12.8 Å². The SMILES string of the molecule is CC(C)N(C1CC1)S(C)(=O)=O. The van der Waals surface area contributed by atoms with Crippen molar-refractivity contribution in [2.75, 3.05) is 6.26 Å². The van der Waals surface area contributed by atoms with Gasteiger partial charge >= 0.3 is 0 Å². The van der Waals surface area contributed by atoms with Crippen molar-refractivity contribution in [3.63, 3.8) is 0 Å². The molecule has 0 aliphatic heterocycles. The average molecular weight is 177 g/mol. The zero-order chi connectivity index (χ0) is 8.65. The van der Waals surface area contributed by atoms with Crippen LogP contribution in [0.25, 0.3) is 0 Å². The minimum atomic E-state index is -2.97. The molecular weight excluding hydrogens is 162 g/mol. The molecule has 0 atom stereocenters. The number of nitrogens with zero attached hydrogens (tertiary/aromatic N) is 1. The van der Waals surface area contributed by atoms with E-state index in [9.17, 15) is 8.42 Å². The number of hydrogen-bond acceptors (Lipinski definition) is 2. The molecule has 1 fully saturated rings. The van der Waals surface area contributed by atoms with Gasteiger partial charge in [0, 0.05) is 12.1 Å². The van der Waals surface area contributed by atoms with E-state index in [-0.39, 0.29) is 6.04 Å². The molecule has 1 saturated carbocycles. The molecule has 1 aliphatic rings. The third kappa shape index (κ3) is 2.17. The van der Waals surface area contributed by atoms with Gasteiger partial charge in [0.05, 0.1) is 6.26 Å². The molecule has 0 saturated heterocycles. The van der Waals surface area contributed by atoms with Crippen molar-refractivity contribution in [3.05, 3.63) is 0 Å². The third-order valence-corrected chi connectivity index (χ3v) is 3.28.